The highest BCUT2D eigenvalue weighted by molar-refractivity contribution is 7.91. The molecule has 3 aromatic rings. The molecule has 0 aliphatic carbocycles. The van der Waals surface area contributed by atoms with E-state index in [9.17, 15) is 18.0 Å². The third kappa shape index (κ3) is 6.89. The van der Waals surface area contributed by atoms with Crippen LogP contribution in [0.25, 0.3) is 0 Å². The SMILES string of the molecule is Cc1ccc(CCC(CS(=O)(=O)c2ccccc2)C(=O)c2ccc(C(=O)N(C)C(C)C)cc2)cc1. The van der Waals surface area contributed by atoms with E-state index in [0.29, 0.717) is 24.0 Å². The number of amides is 1. The first-order valence-electron chi connectivity index (χ1n) is 11.8. The number of hydrogen-bond acceptors (Lipinski definition) is 4. The van der Waals surface area contributed by atoms with Crippen molar-refractivity contribution in [3.8, 4) is 0 Å². The second-order valence-corrected chi connectivity index (χ2v) is 11.3. The Morgan fingerprint density at radius 1 is 0.829 bits per heavy atom. The number of ketones is 1. The summed E-state index contributed by atoms with van der Waals surface area (Å²) in [5.41, 5.74) is 3.10. The molecular weight excluding hydrogens is 458 g/mol. The molecule has 0 saturated carbocycles. The second kappa shape index (κ2) is 11.5. The van der Waals surface area contributed by atoms with Crippen LogP contribution < -0.4 is 0 Å². The Bertz CT molecular complexity index is 1250. The summed E-state index contributed by atoms with van der Waals surface area (Å²) in [7, 11) is -1.91. The highest BCUT2D eigenvalue weighted by Gasteiger charge is 2.28. The maximum atomic E-state index is 13.5. The molecule has 0 bridgehead atoms. The minimum absolute atomic E-state index is 0.0538. The average Bonchev–Trinajstić information content (AvgIpc) is 2.86. The van der Waals surface area contributed by atoms with Crippen LogP contribution in [0.15, 0.2) is 83.8 Å². The number of Topliss-reactive ketones (excluding diaryl/α,β-unsaturated/α-hetero) is 1. The largest absolute Gasteiger partial charge is 0.339 e. The lowest BCUT2D eigenvalue weighted by Crippen LogP contribution is -2.33. The number of nitrogens with zero attached hydrogens (tertiary/aromatic N) is 1. The molecule has 0 fully saturated rings. The van der Waals surface area contributed by atoms with Gasteiger partial charge in [0.25, 0.3) is 5.91 Å². The maximum Gasteiger partial charge on any atom is 0.253 e. The van der Waals surface area contributed by atoms with Gasteiger partial charge >= 0.3 is 0 Å². The van der Waals surface area contributed by atoms with Crippen LogP contribution in [0, 0.1) is 12.8 Å². The smallest absolute Gasteiger partial charge is 0.253 e. The third-order valence-corrected chi connectivity index (χ3v) is 8.14. The molecule has 0 radical (unpaired) electrons. The first-order chi connectivity index (χ1) is 16.6. The molecule has 184 valence electrons. The van der Waals surface area contributed by atoms with Crippen LogP contribution in [-0.2, 0) is 16.3 Å². The molecule has 0 aliphatic rings. The minimum atomic E-state index is -3.65. The van der Waals surface area contributed by atoms with Crippen molar-refractivity contribution in [1.29, 1.82) is 0 Å². The number of benzene rings is 3. The summed E-state index contributed by atoms with van der Waals surface area (Å²) >= 11 is 0. The molecule has 1 atom stereocenters. The molecule has 0 aliphatic heterocycles. The summed E-state index contributed by atoms with van der Waals surface area (Å²) in [5, 5.41) is 0. The number of carbonyl (C=O) groups excluding carboxylic acids is 2. The second-order valence-electron chi connectivity index (χ2n) is 9.27. The summed E-state index contributed by atoms with van der Waals surface area (Å²) in [6.45, 7) is 5.87. The molecule has 6 heteroatoms. The fourth-order valence-corrected chi connectivity index (χ4v) is 5.44. The first-order valence-corrected chi connectivity index (χ1v) is 13.5. The summed E-state index contributed by atoms with van der Waals surface area (Å²) in [6.07, 6.45) is 1.00. The number of aryl methyl sites for hydroxylation is 2. The van der Waals surface area contributed by atoms with Crippen molar-refractivity contribution in [3.63, 3.8) is 0 Å². The van der Waals surface area contributed by atoms with Crippen molar-refractivity contribution in [3.05, 3.63) is 101 Å². The molecule has 3 rings (SSSR count). The van der Waals surface area contributed by atoms with Gasteiger partial charge in [0.2, 0.25) is 0 Å². The number of hydrogen-bond donors (Lipinski definition) is 0. The predicted molar refractivity (Wildman–Crippen MR) is 139 cm³/mol. The van der Waals surface area contributed by atoms with Gasteiger partial charge in [-0.25, -0.2) is 8.42 Å². The Labute approximate surface area is 208 Å². The van der Waals surface area contributed by atoms with Crippen LogP contribution in [0.5, 0.6) is 0 Å². The summed E-state index contributed by atoms with van der Waals surface area (Å²) in [5.74, 6) is -1.32. The molecule has 1 unspecified atom stereocenters. The Morgan fingerprint density at radius 2 is 1.40 bits per heavy atom. The van der Waals surface area contributed by atoms with Gasteiger partial charge in [-0.05, 0) is 63.4 Å². The quantitative estimate of drug-likeness (QED) is 0.357. The Morgan fingerprint density at radius 3 is 1.97 bits per heavy atom. The van der Waals surface area contributed by atoms with Gasteiger partial charge in [0.05, 0.1) is 10.6 Å². The maximum absolute atomic E-state index is 13.5. The zero-order valence-corrected chi connectivity index (χ0v) is 21.6. The molecule has 35 heavy (non-hydrogen) atoms. The third-order valence-electron chi connectivity index (χ3n) is 6.31. The monoisotopic (exact) mass is 491 g/mol. The van der Waals surface area contributed by atoms with Crippen LogP contribution in [0.4, 0.5) is 0 Å². The molecule has 0 N–H and O–H groups in total. The first kappa shape index (κ1) is 26.4. The Balaban J connectivity index is 1.85. The number of rotatable bonds is 10. The summed E-state index contributed by atoms with van der Waals surface area (Å²) in [4.78, 5) is 27.9. The van der Waals surface area contributed by atoms with Crippen LogP contribution in [-0.4, -0.2) is 43.9 Å². The standard InChI is InChI=1S/C29H33NO4S/c1-21(2)30(4)29(32)25-18-16-24(17-19-25)28(31)26(15-14-23-12-10-22(3)11-13-23)20-35(33,34)27-8-6-5-7-9-27/h5-13,16-19,21,26H,14-15,20H2,1-4H3. The van der Waals surface area contributed by atoms with Crippen LogP contribution in [0.3, 0.4) is 0 Å². The summed E-state index contributed by atoms with van der Waals surface area (Å²) < 4.78 is 26.2. The van der Waals surface area contributed by atoms with E-state index in [1.807, 2.05) is 45.0 Å². The van der Waals surface area contributed by atoms with Crippen LogP contribution >= 0.6 is 0 Å². The molecule has 0 heterocycles. The van der Waals surface area contributed by atoms with Gasteiger partial charge in [-0.1, -0.05) is 60.2 Å². The Kier molecular flexibility index (Phi) is 8.62. The van der Waals surface area contributed by atoms with Crippen molar-refractivity contribution >= 4 is 21.5 Å². The predicted octanol–water partition coefficient (Wildman–Crippen LogP) is 5.38. The van der Waals surface area contributed by atoms with Crippen molar-refractivity contribution in [2.24, 2.45) is 5.92 Å². The van der Waals surface area contributed by atoms with E-state index in [-0.39, 0.29) is 28.4 Å². The zero-order chi connectivity index (χ0) is 25.6. The molecular formula is C29H33NO4S. The molecule has 5 nitrogen and oxygen atoms in total. The normalized spacial score (nSPS) is 12.4. The van der Waals surface area contributed by atoms with Gasteiger partial charge < -0.3 is 4.90 Å². The lowest BCUT2D eigenvalue weighted by Gasteiger charge is -2.21. The average molecular weight is 492 g/mol. The minimum Gasteiger partial charge on any atom is -0.339 e. The summed E-state index contributed by atoms with van der Waals surface area (Å²) in [6, 6.07) is 22.8. The highest BCUT2D eigenvalue weighted by atomic mass is 32.2. The van der Waals surface area contributed by atoms with Crippen molar-refractivity contribution in [2.45, 2.75) is 44.6 Å². The van der Waals surface area contributed by atoms with Crippen LogP contribution in [0.2, 0.25) is 0 Å². The van der Waals surface area contributed by atoms with Gasteiger partial charge in [-0.3, -0.25) is 9.59 Å². The van der Waals surface area contributed by atoms with Gasteiger partial charge in [-0.2, -0.15) is 0 Å². The lowest BCUT2D eigenvalue weighted by atomic mass is 9.92. The van der Waals surface area contributed by atoms with E-state index in [4.69, 9.17) is 0 Å². The van der Waals surface area contributed by atoms with E-state index in [0.717, 1.165) is 11.1 Å². The lowest BCUT2D eigenvalue weighted by molar-refractivity contribution is 0.0754. The molecule has 3 aromatic carbocycles. The highest BCUT2D eigenvalue weighted by Crippen LogP contribution is 2.22. The van der Waals surface area contributed by atoms with E-state index >= 15 is 0 Å². The fourth-order valence-electron chi connectivity index (χ4n) is 3.83. The van der Waals surface area contributed by atoms with Gasteiger partial charge in [0.1, 0.15) is 0 Å². The molecule has 0 aromatic heterocycles. The molecule has 0 saturated heterocycles. The van der Waals surface area contributed by atoms with E-state index in [1.165, 1.54) is 0 Å². The van der Waals surface area contributed by atoms with E-state index in [1.54, 1.807) is 66.5 Å². The van der Waals surface area contributed by atoms with E-state index in [2.05, 4.69) is 0 Å². The Hall–Kier alpha value is -3.25. The molecule has 0 spiro atoms. The number of carbonyl (C=O) groups is 2. The molecule has 1 amide bonds. The number of sulfone groups is 1. The topological polar surface area (TPSA) is 71.5 Å². The van der Waals surface area contributed by atoms with Crippen molar-refractivity contribution in [2.75, 3.05) is 12.8 Å². The van der Waals surface area contributed by atoms with Crippen LogP contribution in [0.1, 0.15) is 52.1 Å². The van der Waals surface area contributed by atoms with Gasteiger partial charge in [0.15, 0.2) is 15.6 Å². The van der Waals surface area contributed by atoms with Crippen molar-refractivity contribution < 1.29 is 18.0 Å². The van der Waals surface area contributed by atoms with E-state index < -0.39 is 15.8 Å². The van der Waals surface area contributed by atoms with Gasteiger partial charge in [0, 0.05) is 30.1 Å². The fraction of sp³-hybridized carbons (Fsp3) is 0.310. The van der Waals surface area contributed by atoms with Crippen molar-refractivity contribution in [1.82, 2.24) is 4.90 Å². The van der Waals surface area contributed by atoms with Gasteiger partial charge in [-0.15, -0.1) is 0 Å². The zero-order valence-electron chi connectivity index (χ0n) is 20.8.